The van der Waals surface area contributed by atoms with Gasteiger partial charge in [0.15, 0.2) is 0 Å². The van der Waals surface area contributed by atoms with Crippen molar-refractivity contribution in [3.05, 3.63) is 63.9 Å². The molecule has 0 aliphatic carbocycles. The highest BCUT2D eigenvalue weighted by Crippen LogP contribution is 2.34. The van der Waals surface area contributed by atoms with E-state index in [4.69, 9.17) is 4.74 Å². The zero-order valence-corrected chi connectivity index (χ0v) is 17.7. The van der Waals surface area contributed by atoms with Crippen molar-refractivity contribution in [1.29, 1.82) is 0 Å². The standard InChI is InChI=1S/C22H19FN4O3S/c1-12-9-17(6-7-18(12)23)30-19-8-4-15(21-25-13(2)20(31-21)22(28)29)10-14(19)3-5-16-11-24-27-26-16/h4,6-11,16H,3,5H2,1-2H3,(H,28,29). The van der Waals surface area contributed by atoms with Crippen molar-refractivity contribution in [2.75, 3.05) is 0 Å². The SMILES string of the molecule is Cc1cc(Oc2ccc(-c3nc(C)c(C(=O)O)s3)cc2CCC2C=NN=N2)ccc1F. The van der Waals surface area contributed by atoms with E-state index in [0.717, 1.165) is 22.5 Å². The van der Waals surface area contributed by atoms with Crippen molar-refractivity contribution in [3.8, 4) is 22.1 Å². The van der Waals surface area contributed by atoms with Gasteiger partial charge in [0.2, 0.25) is 0 Å². The van der Waals surface area contributed by atoms with E-state index in [1.54, 1.807) is 32.2 Å². The molecular formula is C22H19FN4O3S. The van der Waals surface area contributed by atoms with E-state index >= 15 is 0 Å². The van der Waals surface area contributed by atoms with Gasteiger partial charge in [-0.15, -0.1) is 16.4 Å². The molecule has 0 fully saturated rings. The highest BCUT2D eigenvalue weighted by molar-refractivity contribution is 7.17. The van der Waals surface area contributed by atoms with Gasteiger partial charge in [-0.3, -0.25) is 0 Å². The summed E-state index contributed by atoms with van der Waals surface area (Å²) in [4.78, 5) is 16.0. The Bertz CT molecular complexity index is 1190. The van der Waals surface area contributed by atoms with Crippen LogP contribution in [-0.4, -0.2) is 28.3 Å². The Morgan fingerprint density at radius 2 is 2.06 bits per heavy atom. The number of benzene rings is 2. The summed E-state index contributed by atoms with van der Waals surface area (Å²) < 4.78 is 19.7. The van der Waals surface area contributed by atoms with Crippen molar-refractivity contribution in [2.45, 2.75) is 32.7 Å². The van der Waals surface area contributed by atoms with Gasteiger partial charge in [0.25, 0.3) is 0 Å². The second-order valence-electron chi connectivity index (χ2n) is 7.15. The first-order valence-corrected chi connectivity index (χ1v) is 10.4. The van der Waals surface area contributed by atoms with Gasteiger partial charge >= 0.3 is 5.97 Å². The Labute approximate surface area is 182 Å². The number of aryl methyl sites for hydroxylation is 3. The monoisotopic (exact) mass is 438 g/mol. The zero-order chi connectivity index (χ0) is 22.0. The summed E-state index contributed by atoms with van der Waals surface area (Å²) in [5.41, 5.74) is 2.69. The van der Waals surface area contributed by atoms with Crippen LogP contribution in [0.15, 0.2) is 51.8 Å². The Balaban J connectivity index is 1.66. The summed E-state index contributed by atoms with van der Waals surface area (Å²) in [5, 5.41) is 21.4. The molecule has 2 heterocycles. The van der Waals surface area contributed by atoms with Gasteiger partial charge in [0.1, 0.15) is 33.2 Å². The van der Waals surface area contributed by atoms with E-state index in [9.17, 15) is 14.3 Å². The van der Waals surface area contributed by atoms with Gasteiger partial charge in [0.05, 0.1) is 11.9 Å². The molecule has 31 heavy (non-hydrogen) atoms. The average Bonchev–Trinajstić information content (AvgIpc) is 3.39. The molecule has 3 aromatic rings. The lowest BCUT2D eigenvalue weighted by Gasteiger charge is -2.14. The minimum absolute atomic E-state index is 0.0923. The van der Waals surface area contributed by atoms with E-state index in [-0.39, 0.29) is 16.7 Å². The van der Waals surface area contributed by atoms with Gasteiger partial charge in [-0.25, -0.2) is 14.2 Å². The van der Waals surface area contributed by atoms with Crippen LogP contribution >= 0.6 is 11.3 Å². The van der Waals surface area contributed by atoms with Crippen molar-refractivity contribution >= 4 is 23.5 Å². The van der Waals surface area contributed by atoms with Gasteiger partial charge in [-0.1, -0.05) is 0 Å². The lowest BCUT2D eigenvalue weighted by atomic mass is 10.0. The number of nitrogens with zero attached hydrogens (tertiary/aromatic N) is 4. The van der Waals surface area contributed by atoms with Crippen LogP contribution in [-0.2, 0) is 6.42 Å². The second kappa shape index (κ2) is 8.73. The molecule has 1 atom stereocenters. The molecule has 7 nitrogen and oxygen atoms in total. The lowest BCUT2D eigenvalue weighted by Crippen LogP contribution is -2.05. The number of aromatic carboxylic acids is 1. The first-order chi connectivity index (χ1) is 14.9. The zero-order valence-electron chi connectivity index (χ0n) is 16.9. The maximum Gasteiger partial charge on any atom is 0.347 e. The molecular weight excluding hydrogens is 419 g/mol. The third kappa shape index (κ3) is 4.66. The summed E-state index contributed by atoms with van der Waals surface area (Å²) in [7, 11) is 0. The molecule has 1 N–H and O–H groups in total. The van der Waals surface area contributed by atoms with Crippen LogP contribution in [0, 0.1) is 19.7 Å². The van der Waals surface area contributed by atoms with Crippen molar-refractivity contribution in [2.24, 2.45) is 15.4 Å². The number of carbonyl (C=O) groups is 1. The molecule has 0 radical (unpaired) electrons. The van der Waals surface area contributed by atoms with Gasteiger partial charge in [0, 0.05) is 5.56 Å². The van der Waals surface area contributed by atoms with E-state index < -0.39 is 5.97 Å². The van der Waals surface area contributed by atoms with Gasteiger partial charge < -0.3 is 9.84 Å². The topological polar surface area (TPSA) is 96.5 Å². The number of aromatic nitrogens is 1. The molecule has 158 valence electrons. The first kappa shape index (κ1) is 20.8. The van der Waals surface area contributed by atoms with E-state index in [2.05, 4.69) is 20.4 Å². The summed E-state index contributed by atoms with van der Waals surface area (Å²) in [6.45, 7) is 3.37. The Morgan fingerprint density at radius 3 is 2.74 bits per heavy atom. The molecule has 1 aromatic heterocycles. The molecule has 4 rings (SSSR count). The maximum absolute atomic E-state index is 13.6. The number of thiazole rings is 1. The highest BCUT2D eigenvalue weighted by atomic mass is 32.1. The average molecular weight is 438 g/mol. The van der Waals surface area contributed by atoms with E-state index in [1.165, 1.54) is 6.07 Å². The lowest BCUT2D eigenvalue weighted by molar-refractivity contribution is 0.0701. The van der Waals surface area contributed by atoms with Gasteiger partial charge in [-0.05, 0) is 79.4 Å². The number of ether oxygens (including phenoxy) is 1. The first-order valence-electron chi connectivity index (χ1n) is 9.62. The molecule has 1 aliphatic rings. The molecule has 0 amide bonds. The molecule has 0 bridgehead atoms. The third-order valence-corrected chi connectivity index (χ3v) is 6.05. The Kier molecular flexibility index (Phi) is 5.85. The fourth-order valence-corrected chi connectivity index (χ4v) is 4.10. The molecule has 0 spiro atoms. The fraction of sp³-hybridized carbons (Fsp3) is 0.227. The molecule has 1 aliphatic heterocycles. The number of hydrogen-bond donors (Lipinski definition) is 1. The molecule has 9 heteroatoms. The predicted molar refractivity (Wildman–Crippen MR) is 116 cm³/mol. The normalized spacial score (nSPS) is 14.9. The quantitative estimate of drug-likeness (QED) is 0.503. The van der Waals surface area contributed by atoms with Crippen molar-refractivity contribution < 1.29 is 19.0 Å². The van der Waals surface area contributed by atoms with Crippen LogP contribution in [0.3, 0.4) is 0 Å². The third-order valence-electron chi connectivity index (χ3n) is 4.86. The smallest absolute Gasteiger partial charge is 0.347 e. The number of halogens is 1. The summed E-state index contributed by atoms with van der Waals surface area (Å²) in [6, 6.07) is 10.1. The molecule has 1 unspecified atom stereocenters. The van der Waals surface area contributed by atoms with Crippen molar-refractivity contribution in [1.82, 2.24) is 4.98 Å². The maximum atomic E-state index is 13.6. The van der Waals surface area contributed by atoms with Crippen LogP contribution < -0.4 is 4.74 Å². The van der Waals surface area contributed by atoms with Crippen molar-refractivity contribution in [3.63, 3.8) is 0 Å². The van der Waals surface area contributed by atoms with Crippen LogP contribution in [0.2, 0.25) is 0 Å². The molecule has 0 saturated heterocycles. The van der Waals surface area contributed by atoms with Crippen LogP contribution in [0.5, 0.6) is 11.5 Å². The minimum Gasteiger partial charge on any atom is -0.477 e. The van der Waals surface area contributed by atoms with Crippen LogP contribution in [0.25, 0.3) is 10.6 Å². The van der Waals surface area contributed by atoms with Crippen LogP contribution in [0.4, 0.5) is 4.39 Å². The number of hydrogen-bond acceptors (Lipinski definition) is 7. The summed E-state index contributed by atoms with van der Waals surface area (Å²) in [5.74, 6) is -0.109. The number of carboxylic acids is 1. The number of rotatable bonds is 7. The van der Waals surface area contributed by atoms with E-state index in [1.807, 2.05) is 18.2 Å². The van der Waals surface area contributed by atoms with Crippen LogP contribution in [0.1, 0.15) is 32.9 Å². The molecule has 0 saturated carbocycles. The Morgan fingerprint density at radius 1 is 1.23 bits per heavy atom. The molecule has 2 aromatic carbocycles. The Hall–Kier alpha value is -3.46. The fourth-order valence-electron chi connectivity index (χ4n) is 3.20. The minimum atomic E-state index is -0.987. The predicted octanol–water partition coefficient (Wildman–Crippen LogP) is 5.81. The summed E-state index contributed by atoms with van der Waals surface area (Å²) in [6.07, 6.45) is 3.01. The van der Waals surface area contributed by atoms with E-state index in [0.29, 0.717) is 40.6 Å². The largest absolute Gasteiger partial charge is 0.477 e. The number of carboxylic acid groups (broad SMARTS) is 1. The highest BCUT2D eigenvalue weighted by Gasteiger charge is 2.18. The second-order valence-corrected chi connectivity index (χ2v) is 8.15. The van der Waals surface area contributed by atoms with Gasteiger partial charge in [-0.2, -0.15) is 5.11 Å². The summed E-state index contributed by atoms with van der Waals surface area (Å²) >= 11 is 1.14.